The Kier molecular flexibility index (Phi) is 14.4. The molecule has 0 unspecified atom stereocenters. The number of fused-ring (bicyclic) bond motifs is 1. The number of aliphatic hydroxyl groups excluding tert-OH is 2. The molecule has 0 spiro atoms. The second-order valence-corrected chi connectivity index (χ2v) is 15.8. The maximum Gasteiger partial charge on any atom is 0.333 e. The molecule has 338 valence electrons. The first-order valence-electron chi connectivity index (χ1n) is 21.6. The van der Waals surface area contributed by atoms with E-state index in [1.165, 1.54) is 6.92 Å². The number of carbonyl (C=O) groups excluding carboxylic acids is 1. The van der Waals surface area contributed by atoms with Crippen LogP contribution in [0.5, 0.6) is 28.7 Å². The Morgan fingerprint density at radius 3 is 1.70 bits per heavy atom. The van der Waals surface area contributed by atoms with E-state index in [1.54, 1.807) is 50.3 Å². The quantitative estimate of drug-likeness (QED) is 0.0662. The Labute approximate surface area is 382 Å². The molecule has 1 saturated heterocycles. The van der Waals surface area contributed by atoms with Gasteiger partial charge in [0.05, 0.1) is 6.10 Å². The minimum Gasteiger partial charge on any atom is -0.489 e. The monoisotopic (exact) mass is 890 g/mol. The van der Waals surface area contributed by atoms with E-state index in [0.717, 1.165) is 22.3 Å². The Balaban J connectivity index is 1.26. The Morgan fingerprint density at radius 1 is 0.636 bits per heavy atom. The van der Waals surface area contributed by atoms with Gasteiger partial charge < -0.3 is 47.8 Å². The molecule has 5 atom stereocenters. The summed E-state index contributed by atoms with van der Waals surface area (Å²) in [5.41, 5.74) is 3.65. The second-order valence-electron chi connectivity index (χ2n) is 15.8. The molecule has 1 aromatic heterocycles. The van der Waals surface area contributed by atoms with E-state index in [2.05, 4.69) is 0 Å². The zero-order valence-corrected chi connectivity index (χ0v) is 36.7. The standard InChI is InChI=1S/C54H50O12/c1-4-34(2)53(58)65-51-47(55)35(3)63-54(49(51)57)66-52-48(56)46-44(62-33-39-23-15-8-16-24-39)28-41(59-30-36-17-9-5-10-18-36)29-45(46)64-50(52)40-25-26-42(60-31-37-19-11-6-12-20-37)43(27-40)61-32-38-21-13-7-14-22-38/h4-29,35,47,49,51,54-55,57H,30-33H2,1-3H3/b34-4+/t35-,47-,49+,51+,54-/m0/s1. The molecule has 12 heteroatoms. The van der Waals surface area contributed by atoms with Crippen LogP contribution in [0.25, 0.3) is 22.3 Å². The van der Waals surface area contributed by atoms with E-state index < -0.39 is 42.1 Å². The van der Waals surface area contributed by atoms with Crippen LogP contribution in [-0.2, 0) is 40.7 Å². The molecule has 1 aliphatic heterocycles. The largest absolute Gasteiger partial charge is 0.489 e. The highest BCUT2D eigenvalue weighted by Crippen LogP contribution is 2.41. The van der Waals surface area contributed by atoms with Gasteiger partial charge in [0.1, 0.15) is 55.0 Å². The number of esters is 1. The number of aliphatic hydroxyl groups is 2. The minimum absolute atomic E-state index is 0.0187. The highest BCUT2D eigenvalue weighted by molar-refractivity contribution is 5.89. The summed E-state index contributed by atoms with van der Waals surface area (Å²) in [5, 5.41) is 22.8. The number of allylic oxidation sites excluding steroid dienone is 1. The van der Waals surface area contributed by atoms with Crippen LogP contribution >= 0.6 is 0 Å². The van der Waals surface area contributed by atoms with Crippen molar-refractivity contribution in [3.8, 4) is 40.1 Å². The molecular weight excluding hydrogens is 841 g/mol. The third-order valence-corrected chi connectivity index (χ3v) is 11.1. The molecule has 6 aromatic carbocycles. The van der Waals surface area contributed by atoms with Gasteiger partial charge in [0.25, 0.3) is 0 Å². The fraction of sp³-hybridized carbons (Fsp3) is 0.222. The molecule has 1 aliphatic rings. The van der Waals surface area contributed by atoms with Gasteiger partial charge in [0.2, 0.25) is 17.5 Å². The Hall–Kier alpha value is -7.38. The van der Waals surface area contributed by atoms with Crippen LogP contribution in [0.1, 0.15) is 43.0 Å². The van der Waals surface area contributed by atoms with Crippen LogP contribution in [0.4, 0.5) is 0 Å². The summed E-state index contributed by atoms with van der Waals surface area (Å²) < 4.78 is 50.1. The molecule has 2 heterocycles. The molecule has 12 nitrogen and oxygen atoms in total. The van der Waals surface area contributed by atoms with E-state index in [4.69, 9.17) is 37.6 Å². The lowest BCUT2D eigenvalue weighted by Crippen LogP contribution is -2.60. The van der Waals surface area contributed by atoms with Crippen molar-refractivity contribution < 1.29 is 52.6 Å². The third kappa shape index (κ3) is 10.8. The van der Waals surface area contributed by atoms with E-state index in [-0.39, 0.29) is 60.2 Å². The van der Waals surface area contributed by atoms with Crippen molar-refractivity contribution in [1.82, 2.24) is 0 Å². The fourth-order valence-electron chi connectivity index (χ4n) is 7.25. The molecule has 8 rings (SSSR count). The van der Waals surface area contributed by atoms with E-state index in [9.17, 15) is 15.0 Å². The van der Waals surface area contributed by atoms with Gasteiger partial charge in [-0.3, -0.25) is 4.79 Å². The molecule has 0 aliphatic carbocycles. The summed E-state index contributed by atoms with van der Waals surface area (Å²) in [4.78, 5) is 28.2. The molecule has 0 radical (unpaired) electrons. The van der Waals surface area contributed by atoms with Gasteiger partial charge in [0.15, 0.2) is 29.5 Å². The van der Waals surface area contributed by atoms with Crippen LogP contribution in [0.15, 0.2) is 173 Å². The van der Waals surface area contributed by atoms with Gasteiger partial charge in [-0.25, -0.2) is 4.79 Å². The van der Waals surface area contributed by atoms with E-state index in [0.29, 0.717) is 22.8 Å². The molecule has 66 heavy (non-hydrogen) atoms. The maximum absolute atomic E-state index is 15.2. The minimum atomic E-state index is -1.76. The number of rotatable bonds is 17. The van der Waals surface area contributed by atoms with Gasteiger partial charge in [-0.2, -0.15) is 0 Å². The Morgan fingerprint density at radius 2 is 1.15 bits per heavy atom. The zero-order valence-electron chi connectivity index (χ0n) is 36.7. The molecule has 0 bridgehead atoms. The van der Waals surface area contributed by atoms with Crippen LogP contribution in [0.3, 0.4) is 0 Å². The predicted octanol–water partition coefficient (Wildman–Crippen LogP) is 9.50. The van der Waals surface area contributed by atoms with Crippen molar-refractivity contribution in [3.63, 3.8) is 0 Å². The topological polar surface area (TPSA) is 152 Å². The first kappa shape index (κ1) is 45.2. The lowest BCUT2D eigenvalue weighted by Gasteiger charge is -2.40. The number of hydrogen-bond donors (Lipinski definition) is 2. The van der Waals surface area contributed by atoms with E-state index in [1.807, 2.05) is 121 Å². The number of carbonyl (C=O) groups is 1. The van der Waals surface area contributed by atoms with Gasteiger partial charge >= 0.3 is 5.97 Å². The van der Waals surface area contributed by atoms with Gasteiger partial charge in [0, 0.05) is 23.3 Å². The first-order valence-corrected chi connectivity index (χ1v) is 21.6. The van der Waals surface area contributed by atoms with Crippen molar-refractivity contribution in [1.29, 1.82) is 0 Å². The summed E-state index contributed by atoms with van der Waals surface area (Å²) in [6.45, 7) is 5.51. The fourth-order valence-corrected chi connectivity index (χ4v) is 7.25. The van der Waals surface area contributed by atoms with Crippen LogP contribution in [0, 0.1) is 0 Å². The lowest BCUT2D eigenvalue weighted by atomic mass is 9.99. The lowest BCUT2D eigenvalue weighted by molar-refractivity contribution is -0.272. The second kappa shape index (κ2) is 21.1. The highest BCUT2D eigenvalue weighted by Gasteiger charge is 2.47. The molecular formula is C54H50O12. The molecule has 7 aromatic rings. The summed E-state index contributed by atoms with van der Waals surface area (Å²) in [6.07, 6.45) is -5.75. The van der Waals surface area contributed by atoms with Crippen molar-refractivity contribution in [2.24, 2.45) is 0 Å². The smallest absolute Gasteiger partial charge is 0.333 e. The zero-order chi connectivity index (χ0) is 46.0. The summed E-state index contributed by atoms with van der Waals surface area (Å²) in [5.74, 6) is 0.0972. The molecule has 1 fully saturated rings. The average molecular weight is 891 g/mol. The molecule has 2 N–H and O–H groups in total. The van der Waals surface area contributed by atoms with Crippen molar-refractivity contribution in [3.05, 3.63) is 196 Å². The summed E-state index contributed by atoms with van der Waals surface area (Å²) in [6, 6.07) is 46.7. The van der Waals surface area contributed by atoms with Crippen LogP contribution < -0.4 is 29.1 Å². The first-order chi connectivity index (χ1) is 32.1. The molecule has 0 amide bonds. The van der Waals surface area contributed by atoms with Gasteiger partial charge in [-0.15, -0.1) is 0 Å². The normalized spacial score (nSPS) is 18.3. The van der Waals surface area contributed by atoms with E-state index >= 15 is 4.79 Å². The highest BCUT2D eigenvalue weighted by atomic mass is 16.7. The number of ether oxygens (including phenoxy) is 7. The maximum atomic E-state index is 15.2. The van der Waals surface area contributed by atoms with Crippen molar-refractivity contribution in [2.45, 2.75) is 77.9 Å². The summed E-state index contributed by atoms with van der Waals surface area (Å²) >= 11 is 0. The van der Waals surface area contributed by atoms with Crippen LogP contribution in [-0.4, -0.2) is 46.9 Å². The molecule has 0 saturated carbocycles. The number of hydrogen-bond acceptors (Lipinski definition) is 12. The Bertz CT molecular complexity index is 2810. The van der Waals surface area contributed by atoms with Crippen LogP contribution in [0.2, 0.25) is 0 Å². The van der Waals surface area contributed by atoms with Gasteiger partial charge in [-0.1, -0.05) is 127 Å². The SMILES string of the molecule is C/C=C(\C)C(=O)O[C@@H]1[C@@H](O)[C@H](C)O[C@@H](Oc2c(-c3ccc(OCc4ccccc4)c(OCc4ccccc4)c3)oc3cc(OCc4ccccc4)cc(OCc4ccccc4)c3c2=O)[C@@H]1O. The third-order valence-electron chi connectivity index (χ3n) is 11.1. The summed E-state index contributed by atoms with van der Waals surface area (Å²) in [7, 11) is 0. The van der Waals surface area contributed by atoms with Crippen molar-refractivity contribution in [2.75, 3.05) is 0 Å². The number of benzene rings is 6. The van der Waals surface area contributed by atoms with Gasteiger partial charge in [-0.05, 0) is 61.2 Å². The van der Waals surface area contributed by atoms with Crippen molar-refractivity contribution >= 4 is 16.9 Å². The predicted molar refractivity (Wildman–Crippen MR) is 247 cm³/mol. The average Bonchev–Trinajstić information content (AvgIpc) is 3.35.